The molecule has 0 aromatic heterocycles. The quantitative estimate of drug-likeness (QED) is 0.617. The lowest BCUT2D eigenvalue weighted by Gasteiger charge is -2.26. The summed E-state index contributed by atoms with van der Waals surface area (Å²) in [7, 11) is 0. The predicted molar refractivity (Wildman–Crippen MR) is 68.0 cm³/mol. The lowest BCUT2D eigenvalue weighted by molar-refractivity contribution is 0.0454. The summed E-state index contributed by atoms with van der Waals surface area (Å²) in [6, 6.07) is -0.291. The van der Waals surface area contributed by atoms with E-state index in [9.17, 15) is 9.90 Å². The minimum absolute atomic E-state index is 0.157. The Morgan fingerprint density at radius 2 is 1.87 bits per heavy atom. The number of nitrogens with one attached hydrogen (secondary N) is 1. The summed E-state index contributed by atoms with van der Waals surface area (Å²) in [5.41, 5.74) is -0.512. The maximum atomic E-state index is 11.4. The van der Waals surface area contributed by atoms with E-state index < -0.39 is 15.8 Å². The minimum Gasteiger partial charge on any atom is -0.444 e. The molecule has 1 amide bonds. The first-order valence-corrected chi connectivity index (χ1v) is 6.19. The van der Waals surface area contributed by atoms with E-state index in [1.54, 1.807) is 20.8 Å². The van der Waals surface area contributed by atoms with Gasteiger partial charge in [0.05, 0.1) is 6.04 Å². The van der Waals surface area contributed by atoms with E-state index in [-0.39, 0.29) is 12.0 Å². The van der Waals surface area contributed by atoms with Crippen molar-refractivity contribution in [3.8, 4) is 0 Å². The molecule has 0 saturated heterocycles. The molecular formula is C10H20INO3. The van der Waals surface area contributed by atoms with Gasteiger partial charge >= 0.3 is 6.09 Å². The van der Waals surface area contributed by atoms with E-state index in [2.05, 4.69) is 5.32 Å². The van der Waals surface area contributed by atoms with Crippen LogP contribution in [-0.4, -0.2) is 27.0 Å². The number of aliphatic hydroxyl groups excluding tert-OH is 1. The summed E-state index contributed by atoms with van der Waals surface area (Å²) < 4.78 is 4.49. The number of halogens is 1. The Kier molecular flexibility index (Phi) is 5.87. The highest BCUT2D eigenvalue weighted by molar-refractivity contribution is 14.1. The fourth-order valence-electron chi connectivity index (χ4n) is 0.997. The van der Waals surface area contributed by atoms with Gasteiger partial charge in [-0.3, -0.25) is 0 Å². The Morgan fingerprint density at radius 1 is 1.40 bits per heavy atom. The van der Waals surface area contributed by atoms with Gasteiger partial charge in [0.1, 0.15) is 9.71 Å². The van der Waals surface area contributed by atoms with Gasteiger partial charge in [-0.2, -0.15) is 0 Å². The SMILES string of the molecule is CC(C)[C@@H](NC(=O)OC(C)(C)C)C(O)I. The van der Waals surface area contributed by atoms with Gasteiger partial charge in [0.25, 0.3) is 0 Å². The molecule has 0 heterocycles. The van der Waals surface area contributed by atoms with E-state index >= 15 is 0 Å². The zero-order valence-electron chi connectivity index (χ0n) is 9.87. The molecule has 90 valence electrons. The molecule has 2 N–H and O–H groups in total. The maximum absolute atomic E-state index is 11.4. The second-order valence-electron chi connectivity index (χ2n) is 4.79. The van der Waals surface area contributed by atoms with E-state index in [0.717, 1.165) is 0 Å². The van der Waals surface area contributed by atoms with Crippen molar-refractivity contribution in [3.05, 3.63) is 0 Å². The number of hydrogen-bond acceptors (Lipinski definition) is 3. The maximum Gasteiger partial charge on any atom is 0.407 e. The smallest absolute Gasteiger partial charge is 0.407 e. The van der Waals surface area contributed by atoms with Crippen LogP contribution >= 0.6 is 22.6 Å². The number of alkyl halides is 1. The predicted octanol–water partition coefficient (Wildman–Crippen LogP) is 2.29. The van der Waals surface area contributed by atoms with Crippen LogP contribution in [0.15, 0.2) is 0 Å². The van der Waals surface area contributed by atoms with E-state index in [4.69, 9.17) is 4.74 Å². The van der Waals surface area contributed by atoms with Crippen LogP contribution < -0.4 is 5.32 Å². The van der Waals surface area contributed by atoms with E-state index in [0.29, 0.717) is 0 Å². The average molecular weight is 329 g/mol. The highest BCUT2D eigenvalue weighted by Gasteiger charge is 2.25. The van der Waals surface area contributed by atoms with Gasteiger partial charge in [-0.05, 0) is 49.3 Å². The molecular weight excluding hydrogens is 309 g/mol. The number of carbonyl (C=O) groups excluding carboxylic acids is 1. The number of ether oxygens (including phenoxy) is 1. The Bertz CT molecular complexity index is 203. The number of rotatable bonds is 3. The van der Waals surface area contributed by atoms with Crippen molar-refractivity contribution in [2.24, 2.45) is 5.92 Å². The van der Waals surface area contributed by atoms with Crippen LogP contribution in [0, 0.1) is 5.92 Å². The molecule has 15 heavy (non-hydrogen) atoms. The zero-order chi connectivity index (χ0) is 12.2. The Balaban J connectivity index is 4.25. The number of carbonyl (C=O) groups is 1. The zero-order valence-corrected chi connectivity index (χ0v) is 12.0. The molecule has 0 spiro atoms. The number of aliphatic hydroxyl groups is 1. The third-order valence-electron chi connectivity index (χ3n) is 1.70. The lowest BCUT2D eigenvalue weighted by Crippen LogP contribution is -2.46. The van der Waals surface area contributed by atoms with Crippen LogP contribution in [0.3, 0.4) is 0 Å². The summed E-state index contributed by atoms with van der Waals surface area (Å²) in [4.78, 5) is 11.4. The topological polar surface area (TPSA) is 58.6 Å². The first-order chi connectivity index (χ1) is 6.63. The molecule has 4 nitrogen and oxygen atoms in total. The number of hydrogen-bond donors (Lipinski definition) is 2. The summed E-state index contributed by atoms with van der Waals surface area (Å²) in [5.74, 6) is 0.157. The Labute approximate surface area is 105 Å². The van der Waals surface area contributed by atoms with Gasteiger partial charge in [-0.15, -0.1) is 0 Å². The van der Waals surface area contributed by atoms with E-state index in [1.165, 1.54) is 0 Å². The first kappa shape index (κ1) is 15.0. The summed E-state index contributed by atoms with van der Waals surface area (Å²) >= 11 is 1.88. The molecule has 5 heteroatoms. The number of alkyl carbamates (subject to hydrolysis) is 1. The van der Waals surface area contributed by atoms with Gasteiger partial charge in [-0.1, -0.05) is 13.8 Å². The van der Waals surface area contributed by atoms with Crippen LogP contribution in [0.1, 0.15) is 34.6 Å². The second kappa shape index (κ2) is 5.89. The fourth-order valence-corrected chi connectivity index (χ4v) is 2.01. The highest BCUT2D eigenvalue weighted by Crippen LogP contribution is 2.13. The summed E-state index contributed by atoms with van der Waals surface area (Å²) in [5, 5.41) is 12.1. The van der Waals surface area contributed by atoms with E-state index in [1.807, 2.05) is 36.4 Å². The minimum atomic E-state index is -0.616. The highest BCUT2D eigenvalue weighted by atomic mass is 127. The van der Waals surface area contributed by atoms with Crippen molar-refractivity contribution in [1.82, 2.24) is 5.32 Å². The molecule has 0 aromatic rings. The molecule has 0 bridgehead atoms. The molecule has 0 aliphatic heterocycles. The molecule has 2 atom stereocenters. The second-order valence-corrected chi connectivity index (χ2v) is 6.06. The molecule has 0 rings (SSSR count). The normalized spacial score (nSPS) is 16.0. The molecule has 0 aliphatic rings. The molecule has 0 aromatic carbocycles. The molecule has 0 fully saturated rings. The summed E-state index contributed by atoms with van der Waals surface area (Å²) in [6.45, 7) is 9.28. The molecule has 0 saturated carbocycles. The Morgan fingerprint density at radius 3 is 2.13 bits per heavy atom. The van der Waals surface area contributed by atoms with Crippen molar-refractivity contribution in [3.63, 3.8) is 0 Å². The van der Waals surface area contributed by atoms with Gasteiger partial charge in [0, 0.05) is 0 Å². The molecule has 0 aliphatic carbocycles. The monoisotopic (exact) mass is 329 g/mol. The largest absolute Gasteiger partial charge is 0.444 e. The van der Waals surface area contributed by atoms with Gasteiger partial charge in [-0.25, -0.2) is 4.79 Å². The third-order valence-corrected chi connectivity index (χ3v) is 2.47. The first-order valence-electron chi connectivity index (χ1n) is 4.95. The molecule has 0 radical (unpaired) electrons. The fraction of sp³-hybridized carbons (Fsp3) is 0.900. The summed E-state index contributed by atoms with van der Waals surface area (Å²) in [6.07, 6.45) is -0.489. The van der Waals surface area contributed by atoms with Gasteiger partial charge < -0.3 is 15.2 Å². The Hall–Kier alpha value is -0.0400. The van der Waals surface area contributed by atoms with Crippen molar-refractivity contribution < 1.29 is 14.6 Å². The third kappa shape index (κ3) is 6.94. The average Bonchev–Trinajstić information content (AvgIpc) is 1.95. The van der Waals surface area contributed by atoms with Crippen LogP contribution in [0.4, 0.5) is 4.79 Å². The standard InChI is InChI=1S/C10H20INO3/c1-6(2)7(8(11)13)12-9(14)15-10(3,4)5/h6-8,13H,1-5H3,(H,12,14)/t7-,8?/m1/s1. The van der Waals surface area contributed by atoms with Crippen LogP contribution in [0.5, 0.6) is 0 Å². The van der Waals surface area contributed by atoms with Crippen LogP contribution in [-0.2, 0) is 4.74 Å². The van der Waals surface area contributed by atoms with Crippen LogP contribution in [0.2, 0.25) is 0 Å². The van der Waals surface area contributed by atoms with Gasteiger partial charge in [0.15, 0.2) is 0 Å². The van der Waals surface area contributed by atoms with Crippen LogP contribution in [0.25, 0.3) is 0 Å². The lowest BCUT2D eigenvalue weighted by atomic mass is 10.1. The molecule has 1 unspecified atom stereocenters. The van der Waals surface area contributed by atoms with Crippen molar-refractivity contribution in [2.75, 3.05) is 0 Å². The van der Waals surface area contributed by atoms with Crippen molar-refractivity contribution >= 4 is 28.7 Å². The number of amides is 1. The van der Waals surface area contributed by atoms with Gasteiger partial charge in [0.2, 0.25) is 0 Å². The van der Waals surface area contributed by atoms with Crippen molar-refractivity contribution in [2.45, 2.75) is 50.4 Å². The van der Waals surface area contributed by atoms with Crippen molar-refractivity contribution in [1.29, 1.82) is 0 Å².